The van der Waals surface area contributed by atoms with E-state index < -0.39 is 23.7 Å². The van der Waals surface area contributed by atoms with E-state index in [-0.39, 0.29) is 23.3 Å². The van der Waals surface area contributed by atoms with Gasteiger partial charge in [-0.15, -0.1) is 11.3 Å². The summed E-state index contributed by atoms with van der Waals surface area (Å²) >= 11 is 1.28. The van der Waals surface area contributed by atoms with Crippen molar-refractivity contribution in [1.82, 2.24) is 0 Å². The van der Waals surface area contributed by atoms with E-state index in [1.54, 1.807) is 26.0 Å². The number of benzene rings is 2. The van der Waals surface area contributed by atoms with Crippen molar-refractivity contribution in [3.05, 3.63) is 80.7 Å². The molecule has 1 aromatic heterocycles. The molecule has 3 amide bonds. The number of nitrogens with one attached hydrogen (secondary N) is 1. The Labute approximate surface area is 195 Å². The zero-order valence-electron chi connectivity index (χ0n) is 18.6. The van der Waals surface area contributed by atoms with Gasteiger partial charge >= 0.3 is 5.97 Å². The Bertz CT molecular complexity index is 1310. The summed E-state index contributed by atoms with van der Waals surface area (Å²) in [6.45, 7) is 7.51. The fourth-order valence-electron chi connectivity index (χ4n) is 3.65. The number of esters is 1. The number of rotatable bonds is 5. The average Bonchev–Trinajstić information content (AvgIpc) is 3.21. The molecule has 8 heteroatoms. The molecule has 4 rings (SSSR count). The van der Waals surface area contributed by atoms with Gasteiger partial charge in [0.05, 0.1) is 29.0 Å². The second-order valence-electron chi connectivity index (χ2n) is 7.70. The summed E-state index contributed by atoms with van der Waals surface area (Å²) in [4.78, 5) is 53.2. The minimum atomic E-state index is -0.502. The number of carbonyl (C=O) groups excluding carboxylic acids is 4. The summed E-state index contributed by atoms with van der Waals surface area (Å²) in [7, 11) is 0. The second-order valence-corrected chi connectivity index (χ2v) is 8.93. The fourth-order valence-corrected chi connectivity index (χ4v) is 4.69. The maximum atomic E-state index is 13.0. The molecule has 0 unspecified atom stereocenters. The highest BCUT2D eigenvalue weighted by Crippen LogP contribution is 2.34. The first-order valence-corrected chi connectivity index (χ1v) is 11.2. The van der Waals surface area contributed by atoms with Crippen LogP contribution in [0.1, 0.15) is 64.4 Å². The maximum Gasteiger partial charge on any atom is 0.341 e. The Morgan fingerprint density at radius 2 is 1.64 bits per heavy atom. The number of nitrogens with zero attached hydrogens (tertiary/aromatic N) is 1. The van der Waals surface area contributed by atoms with E-state index in [0.29, 0.717) is 16.3 Å². The molecule has 0 radical (unpaired) electrons. The standard InChI is InChI=1S/C25H22N2O5S/c1-5-32-25(31)20-14(3)15(4)33-22(20)26-21(28)16-8-11-18-19(12-16)24(30)27(23(18)29)17-9-6-13(2)7-10-17/h6-12H,5H2,1-4H3,(H,26,28). The van der Waals surface area contributed by atoms with Gasteiger partial charge < -0.3 is 10.1 Å². The van der Waals surface area contributed by atoms with Gasteiger partial charge in [0.1, 0.15) is 5.00 Å². The van der Waals surface area contributed by atoms with Crippen LogP contribution in [0.5, 0.6) is 0 Å². The molecule has 33 heavy (non-hydrogen) atoms. The molecule has 0 aliphatic carbocycles. The molecule has 2 aromatic carbocycles. The van der Waals surface area contributed by atoms with Gasteiger partial charge in [-0.2, -0.15) is 0 Å². The van der Waals surface area contributed by atoms with Crippen molar-refractivity contribution in [2.45, 2.75) is 27.7 Å². The van der Waals surface area contributed by atoms with Crippen molar-refractivity contribution < 1.29 is 23.9 Å². The quantitative estimate of drug-likeness (QED) is 0.430. The number of anilines is 2. The third-order valence-corrected chi connectivity index (χ3v) is 6.66. The maximum absolute atomic E-state index is 13.0. The number of aryl methyl sites for hydroxylation is 2. The van der Waals surface area contributed by atoms with Crippen molar-refractivity contribution >= 4 is 45.7 Å². The first-order chi connectivity index (χ1) is 15.7. The van der Waals surface area contributed by atoms with E-state index in [4.69, 9.17) is 4.74 Å². The molecule has 0 spiro atoms. The molecular formula is C25H22N2O5S. The number of fused-ring (bicyclic) bond motifs is 1. The summed E-state index contributed by atoms with van der Waals surface area (Å²) in [6.07, 6.45) is 0. The van der Waals surface area contributed by atoms with Crippen LogP contribution in [0.2, 0.25) is 0 Å². The number of hydrogen-bond acceptors (Lipinski definition) is 6. The predicted octanol–water partition coefficient (Wildman–Crippen LogP) is 4.90. The monoisotopic (exact) mass is 462 g/mol. The van der Waals surface area contributed by atoms with E-state index >= 15 is 0 Å². The third kappa shape index (κ3) is 3.93. The van der Waals surface area contributed by atoms with Gasteiger partial charge in [0, 0.05) is 10.4 Å². The van der Waals surface area contributed by atoms with Gasteiger partial charge in [0.25, 0.3) is 17.7 Å². The van der Waals surface area contributed by atoms with Crippen LogP contribution in [0.25, 0.3) is 0 Å². The van der Waals surface area contributed by atoms with Crippen molar-refractivity contribution in [2.24, 2.45) is 0 Å². The molecule has 1 aliphatic rings. The van der Waals surface area contributed by atoms with E-state index in [9.17, 15) is 19.2 Å². The Morgan fingerprint density at radius 1 is 0.970 bits per heavy atom. The predicted molar refractivity (Wildman–Crippen MR) is 126 cm³/mol. The van der Waals surface area contributed by atoms with E-state index in [0.717, 1.165) is 20.9 Å². The lowest BCUT2D eigenvalue weighted by Crippen LogP contribution is -2.29. The minimum Gasteiger partial charge on any atom is -0.462 e. The molecule has 0 atom stereocenters. The van der Waals surface area contributed by atoms with Gasteiger partial charge in [-0.25, -0.2) is 9.69 Å². The second kappa shape index (κ2) is 8.63. The Morgan fingerprint density at radius 3 is 2.30 bits per heavy atom. The van der Waals surface area contributed by atoms with E-state index in [1.165, 1.54) is 29.5 Å². The zero-order chi connectivity index (χ0) is 23.9. The Balaban J connectivity index is 1.63. The highest BCUT2D eigenvalue weighted by molar-refractivity contribution is 7.16. The molecule has 0 saturated heterocycles. The highest BCUT2D eigenvalue weighted by Gasteiger charge is 2.37. The van der Waals surface area contributed by atoms with Gasteiger partial charge in [-0.1, -0.05) is 17.7 Å². The van der Waals surface area contributed by atoms with Crippen LogP contribution in [0, 0.1) is 20.8 Å². The molecule has 2 heterocycles. The molecular weight excluding hydrogens is 440 g/mol. The van der Waals surface area contributed by atoms with Crippen LogP contribution >= 0.6 is 11.3 Å². The summed E-state index contributed by atoms with van der Waals surface area (Å²) in [6, 6.07) is 11.5. The molecule has 7 nitrogen and oxygen atoms in total. The number of hydrogen-bond donors (Lipinski definition) is 1. The molecule has 0 bridgehead atoms. The number of thiophene rings is 1. The average molecular weight is 463 g/mol. The van der Waals surface area contributed by atoms with Crippen LogP contribution in [0.4, 0.5) is 10.7 Å². The SMILES string of the molecule is CCOC(=O)c1c(NC(=O)c2ccc3c(c2)C(=O)N(c2ccc(C)cc2)C3=O)sc(C)c1C. The first kappa shape index (κ1) is 22.4. The topological polar surface area (TPSA) is 92.8 Å². The van der Waals surface area contributed by atoms with Crippen LogP contribution in [0.3, 0.4) is 0 Å². The zero-order valence-corrected chi connectivity index (χ0v) is 19.5. The number of amides is 3. The third-order valence-electron chi connectivity index (χ3n) is 5.53. The van der Waals surface area contributed by atoms with Crippen LogP contribution < -0.4 is 10.2 Å². The molecule has 1 aliphatic heterocycles. The first-order valence-electron chi connectivity index (χ1n) is 10.4. The Kier molecular flexibility index (Phi) is 5.86. The Hall–Kier alpha value is -3.78. The largest absolute Gasteiger partial charge is 0.462 e. The van der Waals surface area contributed by atoms with Gasteiger partial charge in [0.2, 0.25) is 0 Å². The van der Waals surface area contributed by atoms with E-state index in [2.05, 4.69) is 5.32 Å². The van der Waals surface area contributed by atoms with Crippen molar-refractivity contribution in [3.63, 3.8) is 0 Å². The summed E-state index contributed by atoms with van der Waals surface area (Å²) in [5.74, 6) is -1.90. The van der Waals surface area contributed by atoms with Crippen LogP contribution in [0.15, 0.2) is 42.5 Å². The number of imide groups is 1. The normalized spacial score (nSPS) is 12.7. The fraction of sp³-hybridized carbons (Fsp3) is 0.200. The van der Waals surface area contributed by atoms with Gasteiger partial charge in [-0.3, -0.25) is 14.4 Å². The molecule has 3 aromatic rings. The minimum absolute atomic E-state index is 0.164. The molecule has 168 valence electrons. The van der Waals surface area contributed by atoms with Crippen molar-refractivity contribution in [3.8, 4) is 0 Å². The van der Waals surface area contributed by atoms with Crippen molar-refractivity contribution in [1.29, 1.82) is 0 Å². The lowest BCUT2D eigenvalue weighted by Gasteiger charge is -2.13. The van der Waals surface area contributed by atoms with Crippen LogP contribution in [-0.4, -0.2) is 30.3 Å². The molecule has 1 N–H and O–H groups in total. The number of ether oxygens (including phenoxy) is 1. The van der Waals surface area contributed by atoms with Gasteiger partial charge in [-0.05, 0) is 63.6 Å². The smallest absolute Gasteiger partial charge is 0.341 e. The molecule has 0 saturated carbocycles. The highest BCUT2D eigenvalue weighted by atomic mass is 32.1. The summed E-state index contributed by atoms with van der Waals surface area (Å²) in [5.41, 5.74) is 3.17. The van der Waals surface area contributed by atoms with Gasteiger partial charge in [0.15, 0.2) is 0 Å². The number of carbonyl (C=O) groups is 4. The van der Waals surface area contributed by atoms with Crippen LogP contribution in [-0.2, 0) is 4.74 Å². The summed E-state index contributed by atoms with van der Waals surface area (Å²) < 4.78 is 5.13. The lowest BCUT2D eigenvalue weighted by atomic mass is 10.1. The van der Waals surface area contributed by atoms with Crippen molar-refractivity contribution in [2.75, 3.05) is 16.8 Å². The summed E-state index contributed by atoms with van der Waals surface area (Å²) in [5, 5.41) is 3.15. The lowest BCUT2D eigenvalue weighted by molar-refractivity contribution is 0.0527. The van der Waals surface area contributed by atoms with E-state index in [1.807, 2.05) is 26.0 Å². The molecule has 0 fully saturated rings.